The van der Waals surface area contributed by atoms with Crippen molar-refractivity contribution in [1.29, 1.82) is 0 Å². The number of carboxylic acid groups (broad SMARTS) is 1. The SMILES string of the molecule is O=C(O)[C@H]1[C@@H]2C=C[C@@]3(CN(c4ccccc4F)C(=O)[C@@H]13)O2. The highest BCUT2D eigenvalue weighted by Gasteiger charge is 2.67. The number of benzene rings is 1. The summed E-state index contributed by atoms with van der Waals surface area (Å²) in [4.78, 5) is 25.3. The van der Waals surface area contributed by atoms with Crippen LogP contribution < -0.4 is 4.90 Å². The molecule has 2 saturated heterocycles. The van der Waals surface area contributed by atoms with Gasteiger partial charge in [0.25, 0.3) is 0 Å². The standard InChI is InChI=1S/C15H12FNO4/c16-8-3-1-2-4-9(8)17-7-15-6-5-10(21-15)11(14(19)20)12(15)13(17)18/h1-6,10-12H,7H2,(H,19,20)/t10-,11-,12+,15-/m0/s1. The van der Waals surface area contributed by atoms with Crippen LogP contribution >= 0.6 is 0 Å². The number of nitrogens with zero attached hydrogens (tertiary/aromatic N) is 1. The maximum absolute atomic E-state index is 13.9. The Balaban J connectivity index is 1.78. The second-order valence-electron chi connectivity index (χ2n) is 5.61. The van der Waals surface area contributed by atoms with Crippen LogP contribution in [0.15, 0.2) is 36.4 Å². The zero-order chi connectivity index (χ0) is 14.8. The van der Waals surface area contributed by atoms with Crippen molar-refractivity contribution in [3.8, 4) is 0 Å². The predicted molar refractivity (Wildman–Crippen MR) is 70.1 cm³/mol. The first-order valence-electron chi connectivity index (χ1n) is 6.69. The third-order valence-electron chi connectivity index (χ3n) is 4.53. The Bertz CT molecular complexity index is 688. The number of anilines is 1. The second kappa shape index (κ2) is 3.92. The summed E-state index contributed by atoms with van der Waals surface area (Å²) >= 11 is 0. The first-order valence-corrected chi connectivity index (χ1v) is 6.69. The molecule has 6 heteroatoms. The number of rotatable bonds is 2. The Kier molecular flexibility index (Phi) is 2.34. The van der Waals surface area contributed by atoms with E-state index in [1.54, 1.807) is 24.3 Å². The molecule has 21 heavy (non-hydrogen) atoms. The zero-order valence-electron chi connectivity index (χ0n) is 10.9. The fraction of sp³-hybridized carbons (Fsp3) is 0.333. The van der Waals surface area contributed by atoms with Gasteiger partial charge in [-0.25, -0.2) is 4.39 Å². The van der Waals surface area contributed by atoms with Crippen LogP contribution in [-0.2, 0) is 14.3 Å². The first-order chi connectivity index (χ1) is 10.0. The number of hydrogen-bond acceptors (Lipinski definition) is 3. The largest absolute Gasteiger partial charge is 0.481 e. The maximum atomic E-state index is 13.9. The quantitative estimate of drug-likeness (QED) is 0.831. The van der Waals surface area contributed by atoms with E-state index < -0.39 is 35.3 Å². The molecule has 108 valence electrons. The van der Waals surface area contributed by atoms with Crippen LogP contribution in [0.3, 0.4) is 0 Å². The third-order valence-corrected chi connectivity index (χ3v) is 4.53. The van der Waals surface area contributed by atoms with Gasteiger partial charge in [-0.05, 0) is 12.1 Å². The number of carboxylic acids is 1. The molecule has 0 unspecified atom stereocenters. The smallest absolute Gasteiger partial charge is 0.310 e. The minimum absolute atomic E-state index is 0.147. The molecule has 5 nitrogen and oxygen atoms in total. The maximum Gasteiger partial charge on any atom is 0.310 e. The van der Waals surface area contributed by atoms with Gasteiger partial charge in [-0.2, -0.15) is 0 Å². The molecule has 2 bridgehead atoms. The summed E-state index contributed by atoms with van der Waals surface area (Å²) < 4.78 is 19.7. The van der Waals surface area contributed by atoms with Crippen molar-refractivity contribution >= 4 is 17.6 Å². The first kappa shape index (κ1) is 12.5. The van der Waals surface area contributed by atoms with Crippen molar-refractivity contribution in [2.45, 2.75) is 11.7 Å². The van der Waals surface area contributed by atoms with Crippen LogP contribution in [0.4, 0.5) is 10.1 Å². The number of fused-ring (bicyclic) bond motifs is 1. The van der Waals surface area contributed by atoms with Crippen LogP contribution in [0.25, 0.3) is 0 Å². The molecule has 3 heterocycles. The molecule has 0 saturated carbocycles. The number of ether oxygens (including phenoxy) is 1. The van der Waals surface area contributed by atoms with Gasteiger partial charge in [0.1, 0.15) is 17.3 Å². The van der Waals surface area contributed by atoms with Crippen LogP contribution in [0.1, 0.15) is 0 Å². The third kappa shape index (κ3) is 1.48. The van der Waals surface area contributed by atoms with E-state index in [0.29, 0.717) is 0 Å². The van der Waals surface area contributed by atoms with E-state index >= 15 is 0 Å². The van der Waals surface area contributed by atoms with Crippen molar-refractivity contribution < 1.29 is 23.8 Å². The number of carbonyl (C=O) groups is 2. The number of amides is 1. The molecule has 0 aromatic heterocycles. The van der Waals surface area contributed by atoms with Crippen molar-refractivity contribution in [1.82, 2.24) is 0 Å². The molecular weight excluding hydrogens is 277 g/mol. The lowest BCUT2D eigenvalue weighted by Gasteiger charge is -2.21. The minimum atomic E-state index is -1.06. The predicted octanol–water partition coefficient (Wildman–Crippen LogP) is 1.20. The van der Waals surface area contributed by atoms with Gasteiger partial charge in [0, 0.05) is 0 Å². The summed E-state index contributed by atoms with van der Waals surface area (Å²) in [7, 11) is 0. The molecule has 4 rings (SSSR count). The van der Waals surface area contributed by atoms with Crippen molar-refractivity contribution in [2.75, 3.05) is 11.4 Å². The number of para-hydroxylation sites is 1. The van der Waals surface area contributed by atoms with Gasteiger partial charge >= 0.3 is 5.97 Å². The average molecular weight is 289 g/mol. The Morgan fingerprint density at radius 3 is 2.90 bits per heavy atom. The molecule has 2 fully saturated rings. The summed E-state index contributed by atoms with van der Waals surface area (Å²) in [6.45, 7) is 0.147. The lowest BCUT2D eigenvalue weighted by Crippen LogP contribution is -2.39. The van der Waals surface area contributed by atoms with Gasteiger partial charge in [0.05, 0.1) is 24.3 Å². The van der Waals surface area contributed by atoms with E-state index in [1.807, 2.05) is 0 Å². The molecule has 4 atom stereocenters. The van der Waals surface area contributed by atoms with Crippen LogP contribution in [0, 0.1) is 17.7 Å². The summed E-state index contributed by atoms with van der Waals surface area (Å²) in [6.07, 6.45) is 2.87. The molecular formula is C15H12FNO4. The van der Waals surface area contributed by atoms with Crippen molar-refractivity contribution in [3.05, 3.63) is 42.2 Å². The average Bonchev–Trinajstić information content (AvgIpc) is 3.08. The van der Waals surface area contributed by atoms with Gasteiger partial charge in [0.2, 0.25) is 5.91 Å². The molecule has 1 N–H and O–H groups in total. The molecule has 1 aromatic rings. The lowest BCUT2D eigenvalue weighted by atomic mass is 9.77. The molecule has 0 aliphatic carbocycles. The van der Waals surface area contributed by atoms with E-state index in [-0.39, 0.29) is 18.1 Å². The molecule has 1 amide bonds. The highest BCUT2D eigenvalue weighted by Crippen LogP contribution is 2.52. The van der Waals surface area contributed by atoms with E-state index in [2.05, 4.69) is 0 Å². The fourth-order valence-corrected chi connectivity index (χ4v) is 3.65. The second-order valence-corrected chi connectivity index (χ2v) is 5.61. The van der Waals surface area contributed by atoms with Gasteiger partial charge in [-0.15, -0.1) is 0 Å². The highest BCUT2D eigenvalue weighted by molar-refractivity contribution is 6.02. The molecule has 1 aromatic carbocycles. The van der Waals surface area contributed by atoms with Crippen LogP contribution in [-0.4, -0.2) is 35.2 Å². The number of aliphatic carboxylic acids is 1. The van der Waals surface area contributed by atoms with Gasteiger partial charge in [-0.1, -0.05) is 24.3 Å². The van der Waals surface area contributed by atoms with Gasteiger partial charge < -0.3 is 14.7 Å². The number of hydrogen-bond donors (Lipinski definition) is 1. The molecule has 3 aliphatic heterocycles. The van der Waals surface area contributed by atoms with E-state index in [1.165, 1.54) is 17.0 Å². The van der Waals surface area contributed by atoms with E-state index in [4.69, 9.17) is 4.74 Å². The number of carbonyl (C=O) groups excluding carboxylic acids is 1. The summed E-state index contributed by atoms with van der Waals surface area (Å²) in [5, 5.41) is 9.35. The molecule has 1 spiro atoms. The molecule has 0 radical (unpaired) electrons. The Labute approximate surface area is 119 Å². The zero-order valence-corrected chi connectivity index (χ0v) is 10.9. The van der Waals surface area contributed by atoms with Crippen molar-refractivity contribution in [2.24, 2.45) is 11.8 Å². The summed E-state index contributed by atoms with van der Waals surface area (Å²) in [6, 6.07) is 5.97. The topological polar surface area (TPSA) is 66.8 Å². The van der Waals surface area contributed by atoms with Gasteiger partial charge in [0.15, 0.2) is 0 Å². The summed E-state index contributed by atoms with van der Waals surface area (Å²) in [5.74, 6) is -3.64. The fourth-order valence-electron chi connectivity index (χ4n) is 3.65. The normalized spacial score (nSPS) is 36.3. The minimum Gasteiger partial charge on any atom is -0.481 e. The Morgan fingerprint density at radius 2 is 2.19 bits per heavy atom. The van der Waals surface area contributed by atoms with Gasteiger partial charge in [-0.3, -0.25) is 9.59 Å². The van der Waals surface area contributed by atoms with Crippen LogP contribution in [0.5, 0.6) is 0 Å². The van der Waals surface area contributed by atoms with E-state index in [9.17, 15) is 19.1 Å². The highest BCUT2D eigenvalue weighted by atomic mass is 19.1. The molecule has 3 aliphatic rings. The van der Waals surface area contributed by atoms with E-state index in [0.717, 1.165) is 0 Å². The Morgan fingerprint density at radius 1 is 1.43 bits per heavy atom. The monoisotopic (exact) mass is 289 g/mol. The number of halogens is 1. The Hall–Kier alpha value is -2.21. The van der Waals surface area contributed by atoms with Crippen LogP contribution in [0.2, 0.25) is 0 Å². The van der Waals surface area contributed by atoms with Crippen molar-refractivity contribution in [3.63, 3.8) is 0 Å². The lowest BCUT2D eigenvalue weighted by molar-refractivity contribution is -0.146. The summed E-state index contributed by atoms with van der Waals surface area (Å²) in [5.41, 5.74) is -0.775.